The van der Waals surface area contributed by atoms with Gasteiger partial charge in [-0.15, -0.1) is 0 Å². The van der Waals surface area contributed by atoms with Crippen molar-refractivity contribution >= 4 is 28.4 Å². The summed E-state index contributed by atoms with van der Waals surface area (Å²) in [6.45, 7) is 1.12. The van der Waals surface area contributed by atoms with E-state index in [4.69, 9.17) is 0 Å². The van der Waals surface area contributed by atoms with Crippen molar-refractivity contribution in [3.8, 4) is 0 Å². The van der Waals surface area contributed by atoms with Crippen LogP contribution in [0.15, 0.2) is 30.7 Å². The number of hydrogen-bond acceptors (Lipinski definition) is 5. The van der Waals surface area contributed by atoms with E-state index in [-0.39, 0.29) is 24.2 Å². The number of rotatable bonds is 5. The number of carbonyl (C=O) groups excluding carboxylic acids is 1. The minimum absolute atomic E-state index is 0.114. The number of amides is 1. The molecule has 3 aromatic rings. The molecule has 3 heterocycles. The van der Waals surface area contributed by atoms with Crippen LogP contribution in [0.2, 0.25) is 0 Å². The van der Waals surface area contributed by atoms with Crippen molar-refractivity contribution < 1.29 is 18.0 Å². The molecule has 4 rings (SSSR count). The molecule has 0 saturated carbocycles. The lowest BCUT2D eigenvalue weighted by atomic mass is 10.1. The number of benzene rings is 1. The van der Waals surface area contributed by atoms with Crippen LogP contribution in [0.25, 0.3) is 11.0 Å². The normalized spacial score (nSPS) is 16.8. The first kappa shape index (κ1) is 19.0. The lowest BCUT2D eigenvalue weighted by Crippen LogP contribution is -2.49. The van der Waals surface area contributed by atoms with E-state index in [1.807, 2.05) is 6.07 Å². The maximum atomic E-state index is 13.7. The first-order chi connectivity index (χ1) is 14.0. The van der Waals surface area contributed by atoms with E-state index in [1.165, 1.54) is 6.33 Å². The molecule has 0 radical (unpaired) electrons. The molecule has 2 aromatic heterocycles. The molecule has 0 aliphatic carbocycles. The average molecular weight is 404 g/mol. The van der Waals surface area contributed by atoms with Crippen molar-refractivity contribution in [3.05, 3.63) is 48.2 Å². The van der Waals surface area contributed by atoms with Crippen LogP contribution >= 0.6 is 0 Å². The smallest absolute Gasteiger partial charge is 0.239 e. The average Bonchev–Trinajstić information content (AvgIpc) is 3.19. The van der Waals surface area contributed by atoms with E-state index in [9.17, 15) is 18.0 Å². The zero-order chi connectivity index (χ0) is 20.4. The summed E-state index contributed by atoms with van der Waals surface area (Å²) in [7, 11) is 0. The third-order valence-corrected chi connectivity index (χ3v) is 4.87. The van der Waals surface area contributed by atoms with E-state index in [0.29, 0.717) is 18.7 Å². The fourth-order valence-electron chi connectivity index (χ4n) is 3.51. The number of H-pyrrole nitrogens is 1. The van der Waals surface area contributed by atoms with Crippen molar-refractivity contribution in [2.45, 2.75) is 18.9 Å². The van der Waals surface area contributed by atoms with Gasteiger partial charge in [0.15, 0.2) is 11.6 Å². The highest BCUT2D eigenvalue weighted by molar-refractivity contribution is 5.87. The summed E-state index contributed by atoms with van der Waals surface area (Å²) in [6.07, 6.45) is 4.96. The summed E-state index contributed by atoms with van der Waals surface area (Å²) in [5.74, 6) is -2.98. The van der Waals surface area contributed by atoms with Gasteiger partial charge in [0.1, 0.15) is 23.6 Å². The Morgan fingerprint density at radius 1 is 1.21 bits per heavy atom. The third-order valence-electron chi connectivity index (χ3n) is 4.87. The molecule has 1 fully saturated rings. The molecule has 1 aliphatic rings. The Kier molecular flexibility index (Phi) is 5.24. The fourth-order valence-corrected chi connectivity index (χ4v) is 3.51. The minimum Gasteiger partial charge on any atom is -0.374 e. The highest BCUT2D eigenvalue weighted by atomic mass is 19.2. The van der Waals surface area contributed by atoms with Gasteiger partial charge in [0, 0.05) is 37.5 Å². The van der Waals surface area contributed by atoms with E-state index in [2.05, 4.69) is 30.5 Å². The second-order valence-corrected chi connectivity index (χ2v) is 6.89. The second kappa shape index (κ2) is 7.98. The second-order valence-electron chi connectivity index (χ2n) is 6.89. The maximum absolute atomic E-state index is 13.7. The number of nitrogens with zero attached hydrogens (tertiary/aromatic N) is 3. The molecule has 29 heavy (non-hydrogen) atoms. The van der Waals surface area contributed by atoms with Crippen molar-refractivity contribution in [1.29, 1.82) is 0 Å². The molecule has 0 unspecified atom stereocenters. The van der Waals surface area contributed by atoms with Gasteiger partial charge in [0.25, 0.3) is 0 Å². The van der Waals surface area contributed by atoms with E-state index in [0.717, 1.165) is 36.2 Å². The lowest BCUT2D eigenvalue weighted by Gasteiger charge is -2.34. The van der Waals surface area contributed by atoms with E-state index in [1.54, 1.807) is 6.20 Å². The predicted octanol–water partition coefficient (Wildman–Crippen LogP) is 2.57. The topological polar surface area (TPSA) is 85.9 Å². The van der Waals surface area contributed by atoms with Gasteiger partial charge in [0.05, 0.1) is 17.6 Å². The summed E-state index contributed by atoms with van der Waals surface area (Å²) < 4.78 is 39.9. The number of aromatic nitrogens is 3. The zero-order valence-electron chi connectivity index (χ0n) is 15.4. The van der Waals surface area contributed by atoms with Crippen molar-refractivity contribution in [2.24, 2.45) is 0 Å². The van der Waals surface area contributed by atoms with Gasteiger partial charge in [-0.25, -0.2) is 23.1 Å². The summed E-state index contributed by atoms with van der Waals surface area (Å²) in [6, 6.07) is 2.93. The van der Waals surface area contributed by atoms with Gasteiger partial charge in [-0.3, -0.25) is 4.79 Å². The first-order valence-corrected chi connectivity index (χ1v) is 9.22. The van der Waals surface area contributed by atoms with Gasteiger partial charge in [0.2, 0.25) is 5.91 Å². The number of carbonyl (C=O) groups is 1. The Bertz CT molecular complexity index is 1040. The number of halogens is 3. The summed E-state index contributed by atoms with van der Waals surface area (Å²) in [5, 5.41) is 6.31. The Morgan fingerprint density at radius 2 is 2.03 bits per heavy atom. The first-order valence-electron chi connectivity index (χ1n) is 9.22. The predicted molar refractivity (Wildman–Crippen MR) is 102 cm³/mol. The molecule has 1 aliphatic heterocycles. The van der Waals surface area contributed by atoms with Gasteiger partial charge in [-0.05, 0) is 18.9 Å². The highest BCUT2D eigenvalue weighted by Gasteiger charge is 2.24. The van der Waals surface area contributed by atoms with Crippen molar-refractivity contribution in [1.82, 2.24) is 20.3 Å². The summed E-state index contributed by atoms with van der Waals surface area (Å²) in [4.78, 5) is 26.0. The molecule has 1 aromatic carbocycles. The molecular weight excluding hydrogens is 385 g/mol. The Hall–Kier alpha value is -3.30. The quantitative estimate of drug-likeness (QED) is 0.569. The zero-order valence-corrected chi connectivity index (χ0v) is 15.4. The van der Waals surface area contributed by atoms with Crippen LogP contribution in [0.1, 0.15) is 12.8 Å². The van der Waals surface area contributed by atoms with Crippen LogP contribution in [-0.4, -0.2) is 46.5 Å². The van der Waals surface area contributed by atoms with Crippen LogP contribution in [0.4, 0.5) is 24.7 Å². The van der Waals surface area contributed by atoms with Gasteiger partial charge >= 0.3 is 0 Å². The standard InChI is InChI=1S/C19H19F3N6O/c20-13-6-15(22)16(7-14(13)21)24-8-17(29)27-11-2-1-5-28(9-11)19-12-3-4-23-18(12)25-10-26-19/h3-4,6-7,10-11,24H,1-2,5,8-9H2,(H,27,29)(H,23,25,26)/t11-/m1/s1. The number of fused-ring (bicyclic) bond motifs is 1. The Balaban J connectivity index is 1.36. The van der Waals surface area contributed by atoms with Crippen LogP contribution < -0.4 is 15.5 Å². The maximum Gasteiger partial charge on any atom is 0.239 e. The number of nitrogens with one attached hydrogen (secondary N) is 3. The number of hydrogen-bond donors (Lipinski definition) is 3. The van der Waals surface area contributed by atoms with Crippen LogP contribution in [0, 0.1) is 17.5 Å². The Labute approximate surface area is 164 Å². The van der Waals surface area contributed by atoms with Crippen LogP contribution in [0.5, 0.6) is 0 Å². The van der Waals surface area contributed by atoms with Gasteiger partial charge in [-0.1, -0.05) is 0 Å². The highest BCUT2D eigenvalue weighted by Crippen LogP contribution is 2.25. The largest absolute Gasteiger partial charge is 0.374 e. The summed E-state index contributed by atoms with van der Waals surface area (Å²) >= 11 is 0. The van der Waals surface area contributed by atoms with Gasteiger partial charge in [-0.2, -0.15) is 0 Å². The number of piperidine rings is 1. The number of anilines is 2. The van der Waals surface area contributed by atoms with E-state index < -0.39 is 17.5 Å². The molecular formula is C19H19F3N6O. The number of aromatic amines is 1. The molecule has 3 N–H and O–H groups in total. The molecule has 0 spiro atoms. The lowest BCUT2D eigenvalue weighted by molar-refractivity contribution is -0.120. The summed E-state index contributed by atoms with van der Waals surface area (Å²) in [5.41, 5.74) is 0.485. The van der Waals surface area contributed by atoms with Gasteiger partial charge < -0.3 is 20.5 Å². The molecule has 7 nitrogen and oxygen atoms in total. The monoisotopic (exact) mass is 404 g/mol. The minimum atomic E-state index is -1.28. The van der Waals surface area contributed by atoms with Crippen LogP contribution in [0.3, 0.4) is 0 Å². The third kappa shape index (κ3) is 4.10. The van der Waals surface area contributed by atoms with Crippen molar-refractivity contribution in [3.63, 3.8) is 0 Å². The van der Waals surface area contributed by atoms with E-state index >= 15 is 0 Å². The van der Waals surface area contributed by atoms with Crippen molar-refractivity contribution in [2.75, 3.05) is 29.9 Å². The molecule has 1 saturated heterocycles. The SMILES string of the molecule is O=C(CNc1cc(F)c(F)cc1F)N[C@@H]1CCCN(c2ncnc3[nH]ccc23)C1. The molecule has 1 amide bonds. The molecule has 1 atom stereocenters. The molecule has 0 bridgehead atoms. The fraction of sp³-hybridized carbons (Fsp3) is 0.316. The molecule has 10 heteroatoms. The Morgan fingerprint density at radius 3 is 2.90 bits per heavy atom. The van der Waals surface area contributed by atoms with Crippen LogP contribution in [-0.2, 0) is 4.79 Å². The molecule has 152 valence electrons.